The van der Waals surface area contributed by atoms with Gasteiger partial charge in [-0.2, -0.15) is 0 Å². The number of carboxylic acids is 1. The summed E-state index contributed by atoms with van der Waals surface area (Å²) in [6, 6.07) is 8.21. The molecule has 1 fully saturated rings. The quantitative estimate of drug-likeness (QED) is 0.655. The molecule has 3 heteroatoms. The van der Waals surface area contributed by atoms with Crippen LogP contribution in [0.4, 0.5) is 0 Å². The Morgan fingerprint density at radius 2 is 1.79 bits per heavy atom. The normalized spacial score (nSPS) is 24.2. The molecule has 19 heavy (non-hydrogen) atoms. The van der Waals surface area contributed by atoms with Crippen LogP contribution in [-0.2, 0) is 4.79 Å². The largest absolute Gasteiger partial charge is 0.478 e. The summed E-state index contributed by atoms with van der Waals surface area (Å²) in [5.74, 6) is -0.266. The van der Waals surface area contributed by atoms with E-state index < -0.39 is 5.97 Å². The summed E-state index contributed by atoms with van der Waals surface area (Å²) < 4.78 is 0. The Morgan fingerprint density at radius 3 is 2.32 bits per heavy atom. The maximum absolute atomic E-state index is 10.8. The van der Waals surface area contributed by atoms with Crippen LogP contribution >= 0.6 is 11.6 Å². The molecule has 2 nitrogen and oxygen atoms in total. The van der Waals surface area contributed by atoms with Crippen molar-refractivity contribution in [3.05, 3.63) is 41.0 Å². The minimum atomic E-state index is -0.871. The van der Waals surface area contributed by atoms with E-state index in [0.29, 0.717) is 16.9 Å². The number of hydrogen-bond donors (Lipinski definition) is 1. The highest BCUT2D eigenvalue weighted by Gasteiger charge is 2.20. The zero-order valence-corrected chi connectivity index (χ0v) is 11.9. The molecule has 1 saturated carbocycles. The van der Waals surface area contributed by atoms with Gasteiger partial charge in [-0.3, -0.25) is 0 Å². The van der Waals surface area contributed by atoms with E-state index in [1.165, 1.54) is 5.56 Å². The van der Waals surface area contributed by atoms with Crippen LogP contribution in [0.2, 0.25) is 0 Å². The maximum atomic E-state index is 10.8. The van der Waals surface area contributed by atoms with Crippen molar-refractivity contribution in [1.82, 2.24) is 0 Å². The second-order valence-corrected chi connectivity index (χ2v) is 5.87. The second-order valence-electron chi connectivity index (χ2n) is 5.25. The highest BCUT2D eigenvalue weighted by molar-refractivity contribution is 6.20. The number of benzene rings is 1. The van der Waals surface area contributed by atoms with Crippen molar-refractivity contribution in [2.75, 3.05) is 0 Å². The van der Waals surface area contributed by atoms with Crippen LogP contribution in [0.1, 0.15) is 49.7 Å². The van der Waals surface area contributed by atoms with Crippen LogP contribution < -0.4 is 0 Å². The van der Waals surface area contributed by atoms with Gasteiger partial charge in [-0.05, 0) is 55.7 Å². The molecule has 0 bridgehead atoms. The summed E-state index contributed by atoms with van der Waals surface area (Å²) in [5.41, 5.74) is 2.64. The lowest BCUT2D eigenvalue weighted by Crippen LogP contribution is -2.12. The number of carbonyl (C=O) groups is 1. The van der Waals surface area contributed by atoms with E-state index in [1.54, 1.807) is 13.0 Å². The molecule has 102 valence electrons. The van der Waals surface area contributed by atoms with Gasteiger partial charge in [0, 0.05) is 11.0 Å². The number of hydrogen-bond acceptors (Lipinski definition) is 1. The standard InChI is InChI=1S/C16H19ClO2/c1-11(16(18)19)10-12-2-4-13(5-3-12)14-6-8-15(17)9-7-14/h2-5,10,14-15H,6-9H2,1H3,(H,18,19). The van der Waals surface area contributed by atoms with Crippen LogP contribution in [0.5, 0.6) is 0 Å². The molecule has 0 saturated heterocycles. The molecular weight excluding hydrogens is 260 g/mol. The number of halogens is 1. The van der Waals surface area contributed by atoms with E-state index in [1.807, 2.05) is 12.1 Å². The summed E-state index contributed by atoms with van der Waals surface area (Å²) in [6.07, 6.45) is 6.18. The molecule has 2 rings (SSSR count). The first-order valence-electron chi connectivity index (χ1n) is 6.72. The lowest BCUT2D eigenvalue weighted by molar-refractivity contribution is -0.132. The van der Waals surface area contributed by atoms with Gasteiger partial charge in [-0.1, -0.05) is 24.3 Å². The van der Waals surface area contributed by atoms with Crippen LogP contribution in [-0.4, -0.2) is 16.5 Å². The van der Waals surface area contributed by atoms with Crippen LogP contribution in [0, 0.1) is 0 Å². The molecule has 0 heterocycles. The Labute approximate surface area is 119 Å². The first kappa shape index (κ1) is 14.1. The van der Waals surface area contributed by atoms with Gasteiger partial charge < -0.3 is 5.11 Å². The molecule has 0 aromatic heterocycles. The smallest absolute Gasteiger partial charge is 0.331 e. The first-order valence-corrected chi connectivity index (χ1v) is 7.15. The van der Waals surface area contributed by atoms with E-state index in [0.717, 1.165) is 31.2 Å². The SMILES string of the molecule is CC(=Cc1ccc(C2CCC(Cl)CC2)cc1)C(=O)O. The van der Waals surface area contributed by atoms with Crippen molar-refractivity contribution in [3.8, 4) is 0 Å². The average Bonchev–Trinajstić information content (AvgIpc) is 2.40. The van der Waals surface area contributed by atoms with E-state index in [9.17, 15) is 4.79 Å². The van der Waals surface area contributed by atoms with Gasteiger partial charge in [0.2, 0.25) is 0 Å². The van der Waals surface area contributed by atoms with Gasteiger partial charge in [0.1, 0.15) is 0 Å². The number of aliphatic carboxylic acids is 1. The van der Waals surface area contributed by atoms with E-state index in [4.69, 9.17) is 16.7 Å². The highest BCUT2D eigenvalue weighted by atomic mass is 35.5. The van der Waals surface area contributed by atoms with Gasteiger partial charge in [0.25, 0.3) is 0 Å². The van der Waals surface area contributed by atoms with E-state index in [2.05, 4.69) is 12.1 Å². The molecule has 0 aliphatic heterocycles. The van der Waals surface area contributed by atoms with Crippen molar-refractivity contribution in [2.24, 2.45) is 0 Å². The van der Waals surface area contributed by atoms with Crippen molar-refractivity contribution < 1.29 is 9.90 Å². The summed E-state index contributed by atoms with van der Waals surface area (Å²) in [4.78, 5) is 10.8. The lowest BCUT2D eigenvalue weighted by Gasteiger charge is -2.25. The zero-order valence-electron chi connectivity index (χ0n) is 11.1. The monoisotopic (exact) mass is 278 g/mol. The fourth-order valence-electron chi connectivity index (χ4n) is 2.56. The Bertz CT molecular complexity index is 468. The third-order valence-corrected chi connectivity index (χ3v) is 4.22. The summed E-state index contributed by atoms with van der Waals surface area (Å²) >= 11 is 6.12. The third kappa shape index (κ3) is 3.84. The summed E-state index contributed by atoms with van der Waals surface area (Å²) in [7, 11) is 0. The van der Waals surface area contributed by atoms with E-state index in [-0.39, 0.29) is 0 Å². The maximum Gasteiger partial charge on any atom is 0.331 e. The molecule has 1 aliphatic rings. The second kappa shape index (κ2) is 6.25. The van der Waals surface area contributed by atoms with E-state index >= 15 is 0 Å². The fourth-order valence-corrected chi connectivity index (χ4v) is 2.81. The highest BCUT2D eigenvalue weighted by Crippen LogP contribution is 2.34. The Kier molecular flexibility index (Phi) is 4.65. The van der Waals surface area contributed by atoms with Crippen LogP contribution in [0.25, 0.3) is 6.08 Å². The number of alkyl halides is 1. The molecule has 0 amide bonds. The number of rotatable bonds is 3. The van der Waals surface area contributed by atoms with Gasteiger partial charge in [-0.25, -0.2) is 4.79 Å². The van der Waals surface area contributed by atoms with Crippen molar-refractivity contribution in [2.45, 2.75) is 43.9 Å². The Balaban J connectivity index is 2.06. The lowest BCUT2D eigenvalue weighted by atomic mass is 9.83. The topological polar surface area (TPSA) is 37.3 Å². The van der Waals surface area contributed by atoms with Crippen LogP contribution in [0.15, 0.2) is 29.8 Å². The van der Waals surface area contributed by atoms with Crippen LogP contribution in [0.3, 0.4) is 0 Å². The van der Waals surface area contributed by atoms with Gasteiger partial charge in [0.15, 0.2) is 0 Å². The molecule has 0 radical (unpaired) electrons. The predicted molar refractivity (Wildman–Crippen MR) is 78.6 cm³/mol. The molecular formula is C16H19ClO2. The molecule has 1 N–H and O–H groups in total. The molecule has 0 unspecified atom stereocenters. The third-order valence-electron chi connectivity index (χ3n) is 3.79. The first-order chi connectivity index (χ1) is 9.06. The number of carboxylic acid groups (broad SMARTS) is 1. The van der Waals surface area contributed by atoms with Crippen molar-refractivity contribution in [1.29, 1.82) is 0 Å². The average molecular weight is 279 g/mol. The Morgan fingerprint density at radius 1 is 1.21 bits per heavy atom. The fraction of sp³-hybridized carbons (Fsp3) is 0.438. The summed E-state index contributed by atoms with van der Waals surface area (Å²) in [5, 5.41) is 9.19. The molecule has 1 aromatic carbocycles. The summed E-state index contributed by atoms with van der Waals surface area (Å²) in [6.45, 7) is 1.61. The van der Waals surface area contributed by atoms with Gasteiger partial charge >= 0.3 is 5.97 Å². The molecule has 1 aromatic rings. The Hall–Kier alpha value is -1.28. The zero-order chi connectivity index (χ0) is 13.8. The van der Waals surface area contributed by atoms with Gasteiger partial charge in [0.05, 0.1) is 0 Å². The minimum Gasteiger partial charge on any atom is -0.478 e. The molecule has 0 atom stereocenters. The predicted octanol–water partition coefficient (Wildman–Crippen LogP) is 4.44. The van der Waals surface area contributed by atoms with Crippen molar-refractivity contribution in [3.63, 3.8) is 0 Å². The minimum absolute atomic E-state index is 0.344. The van der Waals surface area contributed by atoms with Crippen molar-refractivity contribution >= 4 is 23.6 Å². The van der Waals surface area contributed by atoms with Gasteiger partial charge in [-0.15, -0.1) is 11.6 Å². The molecule has 1 aliphatic carbocycles. The molecule has 0 spiro atoms.